The summed E-state index contributed by atoms with van der Waals surface area (Å²) in [7, 11) is 0. The molecule has 3 nitrogen and oxygen atoms in total. The second-order valence-electron chi connectivity index (χ2n) is 4.01. The van der Waals surface area contributed by atoms with Gasteiger partial charge >= 0.3 is 0 Å². The van der Waals surface area contributed by atoms with Gasteiger partial charge in [-0.15, -0.1) is 0 Å². The summed E-state index contributed by atoms with van der Waals surface area (Å²) in [4.78, 5) is 23.9. The lowest BCUT2D eigenvalue weighted by atomic mass is 9.81. The van der Waals surface area contributed by atoms with E-state index in [9.17, 15) is 9.59 Å². The third kappa shape index (κ3) is 2.45. The third-order valence-electron chi connectivity index (χ3n) is 3.00. The van der Waals surface area contributed by atoms with Gasteiger partial charge in [-0.1, -0.05) is 47.6 Å². The first-order valence-electron chi connectivity index (χ1n) is 5.04. The summed E-state index contributed by atoms with van der Waals surface area (Å²) in [6.07, 6.45) is 3.53. The average molecular weight is 303 g/mol. The largest absolute Gasteiger partial charge is 0.273 e. The van der Waals surface area contributed by atoms with Gasteiger partial charge in [0.05, 0.1) is 11.8 Å². The molecule has 0 radical (unpaired) electrons. The molecular formula is C9H10Cl3NO2S. The molecule has 2 fully saturated rings. The van der Waals surface area contributed by atoms with Crippen molar-refractivity contribution >= 4 is 58.6 Å². The Morgan fingerprint density at radius 2 is 1.50 bits per heavy atom. The predicted octanol–water partition coefficient (Wildman–Crippen LogP) is 3.14. The van der Waals surface area contributed by atoms with Crippen molar-refractivity contribution in [1.82, 2.24) is 4.31 Å². The zero-order valence-corrected chi connectivity index (χ0v) is 11.4. The highest BCUT2D eigenvalue weighted by atomic mass is 35.6. The summed E-state index contributed by atoms with van der Waals surface area (Å²) in [5, 5.41) is 0. The SMILES string of the molecule is O=C1[C@H]2CCCC[C@H]2C(=O)N1SC(Cl)(Cl)Cl. The molecule has 2 aliphatic rings. The van der Waals surface area contributed by atoms with Crippen LogP contribution in [0.1, 0.15) is 25.7 Å². The van der Waals surface area contributed by atoms with Gasteiger partial charge in [0, 0.05) is 11.9 Å². The first kappa shape index (κ1) is 12.8. The monoisotopic (exact) mass is 301 g/mol. The van der Waals surface area contributed by atoms with Crippen molar-refractivity contribution in [3.63, 3.8) is 0 Å². The van der Waals surface area contributed by atoms with Crippen LogP contribution in [0, 0.1) is 11.8 Å². The lowest BCUT2D eigenvalue weighted by Crippen LogP contribution is -2.26. The van der Waals surface area contributed by atoms with Crippen LogP contribution in [0.15, 0.2) is 0 Å². The van der Waals surface area contributed by atoms with E-state index in [0.29, 0.717) is 11.9 Å². The van der Waals surface area contributed by atoms with Crippen molar-refractivity contribution in [1.29, 1.82) is 0 Å². The number of rotatable bonds is 1. The van der Waals surface area contributed by atoms with Gasteiger partial charge in [-0.2, -0.15) is 0 Å². The Morgan fingerprint density at radius 3 is 1.88 bits per heavy atom. The van der Waals surface area contributed by atoms with E-state index in [4.69, 9.17) is 34.8 Å². The summed E-state index contributed by atoms with van der Waals surface area (Å²) >= 11 is 17.4. The van der Waals surface area contributed by atoms with Crippen LogP contribution in [0.2, 0.25) is 0 Å². The van der Waals surface area contributed by atoms with E-state index < -0.39 is 3.12 Å². The zero-order chi connectivity index (χ0) is 11.9. The second-order valence-corrected chi connectivity index (χ2v) is 8.12. The molecule has 0 N–H and O–H groups in total. The Bertz CT molecular complexity index is 307. The number of hydrogen-bond acceptors (Lipinski definition) is 3. The predicted molar refractivity (Wildman–Crippen MR) is 65.2 cm³/mol. The number of fused-ring (bicyclic) bond motifs is 1. The van der Waals surface area contributed by atoms with Gasteiger partial charge in [0.1, 0.15) is 0 Å². The molecule has 0 aromatic heterocycles. The molecule has 0 aromatic rings. The van der Waals surface area contributed by atoms with E-state index in [1.165, 1.54) is 0 Å². The molecule has 1 aliphatic carbocycles. The van der Waals surface area contributed by atoms with Gasteiger partial charge in [-0.3, -0.25) is 9.59 Å². The number of imide groups is 1. The van der Waals surface area contributed by atoms with Crippen molar-refractivity contribution in [2.24, 2.45) is 11.8 Å². The minimum atomic E-state index is -1.67. The number of amides is 2. The quantitative estimate of drug-likeness (QED) is 0.424. The van der Waals surface area contributed by atoms with Crippen LogP contribution in [0.3, 0.4) is 0 Å². The maximum atomic E-state index is 11.9. The molecular weight excluding hydrogens is 293 g/mol. The van der Waals surface area contributed by atoms with Crippen LogP contribution in [0.4, 0.5) is 0 Å². The van der Waals surface area contributed by atoms with Crippen LogP contribution in [0.5, 0.6) is 0 Å². The lowest BCUT2D eigenvalue weighted by molar-refractivity contribution is -0.133. The summed E-state index contributed by atoms with van der Waals surface area (Å²) < 4.78 is -0.632. The maximum absolute atomic E-state index is 11.9. The van der Waals surface area contributed by atoms with Crippen LogP contribution in [0.25, 0.3) is 0 Å². The number of halogens is 3. The highest BCUT2D eigenvalue weighted by molar-refractivity contribution is 8.03. The highest BCUT2D eigenvalue weighted by Gasteiger charge is 2.50. The third-order valence-corrected chi connectivity index (χ3v) is 4.37. The molecule has 2 rings (SSSR count). The Balaban J connectivity index is 2.15. The number of nitrogens with zero attached hydrogens (tertiary/aromatic N) is 1. The summed E-state index contributed by atoms with van der Waals surface area (Å²) in [6.45, 7) is 0. The van der Waals surface area contributed by atoms with Crippen molar-refractivity contribution in [3.8, 4) is 0 Å². The Morgan fingerprint density at radius 1 is 1.06 bits per heavy atom. The average Bonchev–Trinajstić information content (AvgIpc) is 2.43. The number of carbonyl (C=O) groups excluding carboxylic acids is 2. The maximum Gasteiger partial charge on any atom is 0.256 e. The normalized spacial score (nSPS) is 30.8. The topological polar surface area (TPSA) is 37.4 Å². The molecule has 0 bridgehead atoms. The molecule has 0 aromatic carbocycles. The molecule has 1 saturated carbocycles. The molecule has 0 spiro atoms. The smallest absolute Gasteiger partial charge is 0.256 e. The lowest BCUT2D eigenvalue weighted by Gasteiger charge is -2.19. The fraction of sp³-hybridized carbons (Fsp3) is 0.778. The second kappa shape index (κ2) is 4.56. The van der Waals surface area contributed by atoms with E-state index in [1.54, 1.807) is 0 Å². The van der Waals surface area contributed by atoms with E-state index in [-0.39, 0.29) is 23.7 Å². The van der Waals surface area contributed by atoms with Crippen LogP contribution in [-0.4, -0.2) is 19.2 Å². The summed E-state index contributed by atoms with van der Waals surface area (Å²) in [6, 6.07) is 0. The Hall–Kier alpha value is 0.360. The van der Waals surface area contributed by atoms with Crippen LogP contribution >= 0.6 is 46.8 Å². The summed E-state index contributed by atoms with van der Waals surface area (Å²) in [5.41, 5.74) is 0. The Kier molecular flexibility index (Phi) is 3.65. The molecule has 16 heavy (non-hydrogen) atoms. The first-order valence-corrected chi connectivity index (χ1v) is 6.94. The number of alkyl halides is 3. The van der Waals surface area contributed by atoms with Gasteiger partial charge < -0.3 is 0 Å². The van der Waals surface area contributed by atoms with Crippen molar-refractivity contribution in [2.75, 3.05) is 0 Å². The fourth-order valence-electron chi connectivity index (χ4n) is 2.33. The number of carbonyl (C=O) groups is 2. The summed E-state index contributed by atoms with van der Waals surface area (Å²) in [5.74, 6) is -0.792. The Labute approximate surface area is 113 Å². The minimum absolute atomic E-state index is 0.193. The van der Waals surface area contributed by atoms with Gasteiger partial charge in [0.2, 0.25) is 11.8 Å². The minimum Gasteiger partial charge on any atom is -0.273 e. The van der Waals surface area contributed by atoms with Crippen LogP contribution < -0.4 is 0 Å². The fourth-order valence-corrected chi connectivity index (χ4v) is 3.60. The molecule has 7 heteroatoms. The first-order chi connectivity index (χ1) is 7.40. The molecule has 1 heterocycles. The zero-order valence-electron chi connectivity index (χ0n) is 8.29. The van der Waals surface area contributed by atoms with Gasteiger partial charge in [-0.05, 0) is 12.8 Å². The van der Waals surface area contributed by atoms with E-state index in [0.717, 1.165) is 30.0 Å². The van der Waals surface area contributed by atoms with E-state index >= 15 is 0 Å². The molecule has 2 atom stereocenters. The molecule has 2 amide bonds. The van der Waals surface area contributed by atoms with Gasteiger partial charge in [0.25, 0.3) is 3.12 Å². The number of hydrogen-bond donors (Lipinski definition) is 0. The van der Waals surface area contributed by atoms with Crippen molar-refractivity contribution in [3.05, 3.63) is 0 Å². The molecule has 0 unspecified atom stereocenters. The van der Waals surface area contributed by atoms with Crippen molar-refractivity contribution < 1.29 is 9.59 Å². The molecule has 1 aliphatic heterocycles. The molecule has 1 saturated heterocycles. The van der Waals surface area contributed by atoms with Gasteiger partial charge in [0.15, 0.2) is 0 Å². The van der Waals surface area contributed by atoms with Crippen molar-refractivity contribution in [2.45, 2.75) is 28.8 Å². The van der Waals surface area contributed by atoms with E-state index in [1.807, 2.05) is 0 Å². The van der Waals surface area contributed by atoms with Crippen LogP contribution in [-0.2, 0) is 9.59 Å². The van der Waals surface area contributed by atoms with Gasteiger partial charge in [-0.25, -0.2) is 4.31 Å². The highest BCUT2D eigenvalue weighted by Crippen LogP contribution is 2.47. The molecule has 90 valence electrons. The standard InChI is InChI=1S/C9H10Cl3NO2S/c10-9(11,12)16-13-7(14)5-3-1-2-4-6(5)8(13)15/h5-6H,1-4H2/t5-,6+. The van der Waals surface area contributed by atoms with E-state index in [2.05, 4.69) is 0 Å².